The fraction of sp³-hybridized carbons (Fsp3) is 0.0333. The lowest BCUT2D eigenvalue weighted by Gasteiger charge is -2.36. The molecule has 12 rings (SSSR count). The second-order valence-electron chi connectivity index (χ2n) is 16.4. The second kappa shape index (κ2) is 14.3. The number of fused-ring (bicyclic) bond motifs is 13. The zero-order chi connectivity index (χ0) is 41.4. The van der Waals surface area contributed by atoms with Crippen molar-refractivity contribution in [3.63, 3.8) is 0 Å². The van der Waals surface area contributed by atoms with Gasteiger partial charge in [-0.05, 0) is 132 Å². The number of allylic oxidation sites excluding steroid dienone is 5. The smallest absolute Gasteiger partial charge is 0.0742 e. The van der Waals surface area contributed by atoms with E-state index in [2.05, 4.69) is 231 Å². The quantitative estimate of drug-likeness (QED) is 0.115. The van der Waals surface area contributed by atoms with Gasteiger partial charge in [0.2, 0.25) is 0 Å². The van der Waals surface area contributed by atoms with Crippen LogP contribution in [0, 0.1) is 0 Å². The van der Waals surface area contributed by atoms with Crippen LogP contribution < -0.4 is 4.90 Å². The predicted molar refractivity (Wildman–Crippen MR) is 266 cm³/mol. The molecule has 62 heavy (non-hydrogen) atoms. The van der Waals surface area contributed by atoms with Crippen LogP contribution in [0.5, 0.6) is 0 Å². The van der Waals surface area contributed by atoms with Gasteiger partial charge in [-0.3, -0.25) is 0 Å². The highest BCUT2D eigenvalue weighted by Gasteiger charge is 2.53. The number of hydrogen-bond acceptors (Lipinski definition) is 2. The molecule has 0 N–H and O–H groups in total. The van der Waals surface area contributed by atoms with Crippen molar-refractivity contribution >= 4 is 66.3 Å². The van der Waals surface area contributed by atoms with Crippen LogP contribution >= 0.6 is 11.3 Å². The van der Waals surface area contributed by atoms with Crippen LogP contribution in [0.3, 0.4) is 0 Å². The Morgan fingerprint density at radius 1 is 0.468 bits per heavy atom. The molecule has 1 unspecified atom stereocenters. The lowest BCUT2D eigenvalue weighted by molar-refractivity contribution is 0.785. The van der Waals surface area contributed by atoms with Gasteiger partial charge in [-0.1, -0.05) is 183 Å². The standard InChI is InChI=1S/C60H41NS/c1-3-4-26-53-39(2)44-19-12-14-27-54(44)60(53)55-28-15-13-24-50(55)51-25-16-29-56(59(51)60)61(42-32-30-41(31-33-42)58-37-36-57(62-58)40-17-6-5-7-18-40)43-34-35-49-47-22-9-8-20-45(47)46-21-10-11-23-48(46)52(49)38-43/h3-38H,1H2,2H3/b26-4-. The minimum Gasteiger partial charge on any atom is -0.310 e. The number of thiophene rings is 1. The Morgan fingerprint density at radius 2 is 1.00 bits per heavy atom. The Hall–Kier alpha value is -7.52. The van der Waals surface area contributed by atoms with Crippen LogP contribution in [-0.2, 0) is 5.41 Å². The molecule has 0 aliphatic heterocycles. The molecule has 2 aliphatic carbocycles. The molecule has 1 nitrogen and oxygen atoms in total. The maximum atomic E-state index is 4.12. The van der Waals surface area contributed by atoms with Gasteiger partial charge in [-0.25, -0.2) is 0 Å². The van der Waals surface area contributed by atoms with Gasteiger partial charge in [0.25, 0.3) is 0 Å². The first kappa shape index (κ1) is 36.3. The van der Waals surface area contributed by atoms with Gasteiger partial charge in [0.05, 0.1) is 11.1 Å². The van der Waals surface area contributed by atoms with E-state index in [0.717, 1.165) is 17.1 Å². The number of hydrogen-bond donors (Lipinski definition) is 0. The predicted octanol–water partition coefficient (Wildman–Crippen LogP) is 16.9. The Bertz CT molecular complexity index is 3460. The molecule has 0 fully saturated rings. The van der Waals surface area contributed by atoms with E-state index in [1.807, 2.05) is 17.4 Å². The van der Waals surface area contributed by atoms with E-state index in [4.69, 9.17) is 0 Å². The molecule has 0 radical (unpaired) electrons. The van der Waals surface area contributed by atoms with Crippen molar-refractivity contribution in [2.24, 2.45) is 0 Å². The van der Waals surface area contributed by atoms with Crippen molar-refractivity contribution in [2.45, 2.75) is 12.3 Å². The van der Waals surface area contributed by atoms with Gasteiger partial charge in [-0.15, -0.1) is 11.3 Å². The highest BCUT2D eigenvalue weighted by molar-refractivity contribution is 7.18. The maximum Gasteiger partial charge on any atom is 0.0742 e. The molecule has 10 aromatic rings. The Balaban J connectivity index is 1.13. The first-order chi connectivity index (χ1) is 30.6. The fourth-order valence-corrected chi connectivity index (χ4v) is 11.7. The summed E-state index contributed by atoms with van der Waals surface area (Å²) in [4.78, 5) is 5.05. The highest BCUT2D eigenvalue weighted by atomic mass is 32.1. The molecular weight excluding hydrogens is 767 g/mol. The van der Waals surface area contributed by atoms with Crippen LogP contribution in [-0.4, -0.2) is 0 Å². The lowest BCUT2D eigenvalue weighted by atomic mass is 9.69. The summed E-state index contributed by atoms with van der Waals surface area (Å²) < 4.78 is 0. The second-order valence-corrected chi connectivity index (χ2v) is 17.5. The molecule has 0 saturated carbocycles. The van der Waals surface area contributed by atoms with Crippen LogP contribution in [0.25, 0.3) is 69.9 Å². The van der Waals surface area contributed by atoms with Crippen molar-refractivity contribution in [3.8, 4) is 32.0 Å². The number of nitrogens with zero attached hydrogens (tertiary/aromatic N) is 1. The van der Waals surface area contributed by atoms with Crippen LogP contribution in [0.4, 0.5) is 17.1 Å². The molecule has 1 heterocycles. The van der Waals surface area contributed by atoms with Crippen molar-refractivity contribution in [1.29, 1.82) is 0 Å². The van der Waals surface area contributed by atoms with Crippen molar-refractivity contribution in [1.82, 2.24) is 0 Å². The topological polar surface area (TPSA) is 3.24 Å². The Labute approximate surface area is 366 Å². The third kappa shape index (κ3) is 5.27. The van der Waals surface area contributed by atoms with Gasteiger partial charge in [-0.2, -0.15) is 0 Å². The average molecular weight is 808 g/mol. The molecule has 0 saturated heterocycles. The fourth-order valence-electron chi connectivity index (χ4n) is 10.7. The van der Waals surface area contributed by atoms with Crippen molar-refractivity contribution in [3.05, 3.63) is 253 Å². The summed E-state index contributed by atoms with van der Waals surface area (Å²) in [6, 6.07) is 74.3. The number of benzene rings is 9. The van der Waals surface area contributed by atoms with Gasteiger partial charge in [0.1, 0.15) is 0 Å². The van der Waals surface area contributed by atoms with Crippen LogP contribution in [0.1, 0.15) is 29.2 Å². The molecular formula is C60H41NS. The zero-order valence-corrected chi connectivity index (χ0v) is 35.2. The summed E-state index contributed by atoms with van der Waals surface area (Å²) in [5.41, 5.74) is 15.6. The van der Waals surface area contributed by atoms with Crippen LogP contribution in [0.15, 0.2) is 231 Å². The Kier molecular flexibility index (Phi) is 8.38. The minimum atomic E-state index is -0.550. The highest BCUT2D eigenvalue weighted by Crippen LogP contribution is 2.65. The maximum absolute atomic E-state index is 4.12. The van der Waals surface area contributed by atoms with E-state index < -0.39 is 5.41 Å². The zero-order valence-electron chi connectivity index (χ0n) is 34.3. The lowest BCUT2D eigenvalue weighted by Crippen LogP contribution is -2.29. The molecule has 2 aliphatic rings. The summed E-state index contributed by atoms with van der Waals surface area (Å²) in [6.07, 6.45) is 6.32. The van der Waals surface area contributed by atoms with Crippen molar-refractivity contribution in [2.75, 3.05) is 4.90 Å². The van der Waals surface area contributed by atoms with E-state index in [1.54, 1.807) is 0 Å². The SMILES string of the molecule is C=C/C=C\C1=C(C)c2ccccc2C12c1ccccc1-c1cccc(N(c3ccc(-c4ccc(-c5ccccc5)s4)cc3)c3ccc4c5ccccc5c5ccccc5c4c3)c12. The normalized spacial score (nSPS) is 15.2. The molecule has 2 heteroatoms. The van der Waals surface area contributed by atoms with E-state index in [9.17, 15) is 0 Å². The van der Waals surface area contributed by atoms with Gasteiger partial charge < -0.3 is 4.90 Å². The van der Waals surface area contributed by atoms with Gasteiger partial charge in [0, 0.05) is 26.7 Å². The van der Waals surface area contributed by atoms with E-state index in [1.165, 1.54) is 97.7 Å². The number of anilines is 3. The summed E-state index contributed by atoms with van der Waals surface area (Å²) >= 11 is 1.84. The Morgan fingerprint density at radius 3 is 1.68 bits per heavy atom. The molecule has 292 valence electrons. The monoisotopic (exact) mass is 807 g/mol. The molecule has 0 amide bonds. The first-order valence-electron chi connectivity index (χ1n) is 21.4. The van der Waals surface area contributed by atoms with Gasteiger partial charge >= 0.3 is 0 Å². The van der Waals surface area contributed by atoms with Crippen LogP contribution in [0.2, 0.25) is 0 Å². The minimum absolute atomic E-state index is 0.550. The molecule has 1 atom stereocenters. The molecule has 0 bridgehead atoms. The van der Waals surface area contributed by atoms with E-state index in [-0.39, 0.29) is 0 Å². The summed E-state index contributed by atoms with van der Waals surface area (Å²) in [7, 11) is 0. The number of rotatable bonds is 7. The largest absolute Gasteiger partial charge is 0.310 e. The van der Waals surface area contributed by atoms with Crippen molar-refractivity contribution < 1.29 is 0 Å². The van der Waals surface area contributed by atoms with Gasteiger partial charge in [0.15, 0.2) is 0 Å². The molecule has 1 aromatic heterocycles. The third-order valence-electron chi connectivity index (χ3n) is 13.3. The van der Waals surface area contributed by atoms with E-state index in [0.29, 0.717) is 0 Å². The molecule has 1 spiro atoms. The average Bonchev–Trinajstić information content (AvgIpc) is 4.02. The summed E-state index contributed by atoms with van der Waals surface area (Å²) in [6.45, 7) is 6.41. The first-order valence-corrected chi connectivity index (χ1v) is 22.2. The third-order valence-corrected chi connectivity index (χ3v) is 14.5. The molecule has 9 aromatic carbocycles. The van der Waals surface area contributed by atoms with E-state index >= 15 is 0 Å². The summed E-state index contributed by atoms with van der Waals surface area (Å²) in [5.74, 6) is 0. The summed E-state index contributed by atoms with van der Waals surface area (Å²) in [5, 5.41) is 7.58.